The van der Waals surface area contributed by atoms with E-state index in [1.54, 1.807) is 23.2 Å². The van der Waals surface area contributed by atoms with E-state index in [1.165, 1.54) is 0 Å². The number of hydrogen-bond donors (Lipinski definition) is 2. The normalized spacial score (nSPS) is 11.0. The van der Waals surface area contributed by atoms with E-state index in [-0.39, 0.29) is 6.61 Å². The van der Waals surface area contributed by atoms with E-state index in [1.807, 2.05) is 18.2 Å². The molecule has 0 spiro atoms. The average molecular weight is 272 g/mol. The molecule has 3 rings (SSSR count). The zero-order valence-corrected chi connectivity index (χ0v) is 10.9. The van der Waals surface area contributed by atoms with Gasteiger partial charge in [0.15, 0.2) is 10.4 Å². The van der Waals surface area contributed by atoms with Crippen LogP contribution in [0.15, 0.2) is 36.8 Å². The molecule has 0 amide bonds. The molecular formula is C13H12N4OS. The van der Waals surface area contributed by atoms with Gasteiger partial charge in [-0.2, -0.15) is 0 Å². The summed E-state index contributed by atoms with van der Waals surface area (Å²) in [7, 11) is 0. The summed E-state index contributed by atoms with van der Waals surface area (Å²) >= 11 is 5.27. The van der Waals surface area contributed by atoms with E-state index in [0.29, 0.717) is 11.3 Å². The summed E-state index contributed by atoms with van der Waals surface area (Å²) in [6, 6.07) is 5.82. The summed E-state index contributed by atoms with van der Waals surface area (Å²) in [4.78, 5) is 11.5. The molecule has 3 aromatic heterocycles. The van der Waals surface area contributed by atoms with Gasteiger partial charge in [-0.05, 0) is 36.0 Å². The van der Waals surface area contributed by atoms with E-state index in [0.717, 1.165) is 22.3 Å². The topological polar surface area (TPSA) is 66.7 Å². The first kappa shape index (κ1) is 12.0. The zero-order valence-electron chi connectivity index (χ0n) is 10.1. The largest absolute Gasteiger partial charge is 0.395 e. The van der Waals surface area contributed by atoms with Gasteiger partial charge in [0.1, 0.15) is 0 Å². The van der Waals surface area contributed by atoms with Crippen LogP contribution in [0.5, 0.6) is 0 Å². The van der Waals surface area contributed by atoms with Crippen LogP contribution in [0.4, 0.5) is 0 Å². The fraction of sp³-hybridized carbons (Fsp3) is 0.154. The standard InChI is InChI=1S/C13H12N4OS/c18-8-7-17-12-11(16-13(17)19)10(3-6-15-12)9-1-4-14-5-2-9/h1-6,18H,7-8H2,(H,16,19). The minimum Gasteiger partial charge on any atom is -0.395 e. The first-order chi connectivity index (χ1) is 9.31. The van der Waals surface area contributed by atoms with Crippen molar-refractivity contribution in [2.75, 3.05) is 6.61 Å². The number of fused-ring (bicyclic) bond motifs is 1. The smallest absolute Gasteiger partial charge is 0.179 e. The van der Waals surface area contributed by atoms with E-state index in [4.69, 9.17) is 17.3 Å². The molecule has 3 aromatic rings. The maximum atomic E-state index is 9.09. The third-order valence-electron chi connectivity index (χ3n) is 2.98. The van der Waals surface area contributed by atoms with Crippen LogP contribution in [0, 0.1) is 4.77 Å². The van der Waals surface area contributed by atoms with Gasteiger partial charge in [0.05, 0.1) is 18.7 Å². The van der Waals surface area contributed by atoms with E-state index in [9.17, 15) is 0 Å². The van der Waals surface area contributed by atoms with Crippen molar-refractivity contribution in [2.45, 2.75) is 6.54 Å². The second-order valence-electron chi connectivity index (χ2n) is 4.10. The second kappa shape index (κ2) is 4.91. The molecule has 6 heteroatoms. The Labute approximate surface area is 114 Å². The minimum atomic E-state index is 0.0302. The van der Waals surface area contributed by atoms with Gasteiger partial charge in [0.25, 0.3) is 0 Å². The number of hydrogen-bond acceptors (Lipinski definition) is 4. The Morgan fingerprint density at radius 3 is 2.74 bits per heavy atom. The number of aliphatic hydroxyl groups excluding tert-OH is 1. The predicted octanol–water partition coefficient (Wildman–Crippen LogP) is 2.15. The van der Waals surface area contributed by atoms with Crippen LogP contribution in [0.3, 0.4) is 0 Å². The summed E-state index contributed by atoms with van der Waals surface area (Å²) in [6.45, 7) is 0.466. The first-order valence-corrected chi connectivity index (χ1v) is 6.31. The highest BCUT2D eigenvalue weighted by molar-refractivity contribution is 7.71. The lowest BCUT2D eigenvalue weighted by atomic mass is 10.1. The fourth-order valence-corrected chi connectivity index (χ4v) is 2.41. The van der Waals surface area contributed by atoms with Crippen LogP contribution < -0.4 is 0 Å². The maximum absolute atomic E-state index is 9.09. The van der Waals surface area contributed by atoms with Gasteiger partial charge in [-0.25, -0.2) is 4.98 Å². The maximum Gasteiger partial charge on any atom is 0.179 e. The van der Waals surface area contributed by atoms with Crippen molar-refractivity contribution in [1.29, 1.82) is 0 Å². The van der Waals surface area contributed by atoms with Crippen molar-refractivity contribution < 1.29 is 5.11 Å². The first-order valence-electron chi connectivity index (χ1n) is 5.90. The summed E-state index contributed by atoms with van der Waals surface area (Å²) < 4.78 is 2.37. The fourth-order valence-electron chi connectivity index (χ4n) is 2.13. The quantitative estimate of drug-likeness (QED) is 0.717. The van der Waals surface area contributed by atoms with Crippen molar-refractivity contribution in [1.82, 2.24) is 19.5 Å². The Kier molecular flexibility index (Phi) is 3.10. The molecule has 0 aliphatic rings. The molecule has 0 aliphatic heterocycles. The van der Waals surface area contributed by atoms with E-state index in [2.05, 4.69) is 15.0 Å². The molecule has 0 unspecified atom stereocenters. The Balaban J connectivity index is 2.28. The molecule has 19 heavy (non-hydrogen) atoms. The molecule has 5 nitrogen and oxygen atoms in total. The molecule has 3 heterocycles. The number of nitrogens with zero attached hydrogens (tertiary/aromatic N) is 3. The number of rotatable bonds is 3. The molecule has 0 fully saturated rings. The van der Waals surface area contributed by atoms with Crippen LogP contribution >= 0.6 is 12.2 Å². The van der Waals surface area contributed by atoms with E-state index < -0.39 is 0 Å². The van der Waals surface area contributed by atoms with Gasteiger partial charge in [-0.15, -0.1) is 0 Å². The summed E-state index contributed by atoms with van der Waals surface area (Å²) in [5, 5.41) is 9.09. The highest BCUT2D eigenvalue weighted by Gasteiger charge is 2.10. The summed E-state index contributed by atoms with van der Waals surface area (Å²) in [5.74, 6) is 0. The Morgan fingerprint density at radius 2 is 2.00 bits per heavy atom. The molecule has 96 valence electrons. The zero-order chi connectivity index (χ0) is 13.2. The Bertz CT molecular complexity index is 763. The summed E-state index contributed by atoms with van der Waals surface area (Å²) in [6.07, 6.45) is 5.25. The monoisotopic (exact) mass is 272 g/mol. The Morgan fingerprint density at radius 1 is 1.21 bits per heavy atom. The van der Waals surface area contributed by atoms with Crippen LogP contribution in [-0.2, 0) is 6.54 Å². The molecule has 0 aromatic carbocycles. The van der Waals surface area contributed by atoms with Gasteiger partial charge in [0, 0.05) is 24.2 Å². The third kappa shape index (κ3) is 2.05. The van der Waals surface area contributed by atoms with Crippen molar-refractivity contribution in [3.63, 3.8) is 0 Å². The average Bonchev–Trinajstić information content (AvgIpc) is 2.77. The lowest BCUT2D eigenvalue weighted by Gasteiger charge is -2.03. The molecule has 0 aliphatic carbocycles. The van der Waals surface area contributed by atoms with E-state index >= 15 is 0 Å². The molecule has 0 bridgehead atoms. The number of aromatic amines is 1. The second-order valence-corrected chi connectivity index (χ2v) is 4.49. The van der Waals surface area contributed by atoms with Crippen molar-refractivity contribution in [3.05, 3.63) is 41.6 Å². The SMILES string of the molecule is OCCn1c(=S)[nH]c2c(-c3ccncc3)ccnc21. The van der Waals surface area contributed by atoms with Crippen LogP contribution in [0.2, 0.25) is 0 Å². The summed E-state index contributed by atoms with van der Waals surface area (Å²) in [5.41, 5.74) is 3.71. The number of pyridine rings is 2. The molecule has 0 saturated carbocycles. The lowest BCUT2D eigenvalue weighted by molar-refractivity contribution is 0.277. The highest BCUT2D eigenvalue weighted by atomic mass is 32.1. The molecular weight excluding hydrogens is 260 g/mol. The Hall–Kier alpha value is -2.05. The van der Waals surface area contributed by atoms with Crippen LogP contribution in [0.25, 0.3) is 22.3 Å². The molecule has 2 N–H and O–H groups in total. The number of imidazole rings is 1. The van der Waals surface area contributed by atoms with Gasteiger partial charge < -0.3 is 10.1 Å². The lowest BCUT2D eigenvalue weighted by Crippen LogP contribution is -2.02. The number of aliphatic hydroxyl groups is 1. The highest BCUT2D eigenvalue weighted by Crippen LogP contribution is 2.26. The third-order valence-corrected chi connectivity index (χ3v) is 3.30. The molecule has 0 atom stereocenters. The van der Waals surface area contributed by atoms with Crippen molar-refractivity contribution in [3.8, 4) is 11.1 Å². The van der Waals surface area contributed by atoms with Gasteiger partial charge in [-0.1, -0.05) is 0 Å². The van der Waals surface area contributed by atoms with Gasteiger partial charge in [0.2, 0.25) is 0 Å². The van der Waals surface area contributed by atoms with Gasteiger partial charge in [-0.3, -0.25) is 9.55 Å². The number of aromatic nitrogens is 4. The number of nitrogens with one attached hydrogen (secondary N) is 1. The number of H-pyrrole nitrogens is 1. The van der Waals surface area contributed by atoms with Crippen LogP contribution in [-0.4, -0.2) is 31.2 Å². The molecule has 0 saturated heterocycles. The minimum absolute atomic E-state index is 0.0302. The predicted molar refractivity (Wildman–Crippen MR) is 75.2 cm³/mol. The van der Waals surface area contributed by atoms with Gasteiger partial charge >= 0.3 is 0 Å². The van der Waals surface area contributed by atoms with Crippen molar-refractivity contribution >= 4 is 23.4 Å². The van der Waals surface area contributed by atoms with Crippen molar-refractivity contribution in [2.24, 2.45) is 0 Å². The van der Waals surface area contributed by atoms with Crippen LogP contribution in [0.1, 0.15) is 0 Å². The molecule has 0 radical (unpaired) electrons.